The predicted octanol–water partition coefficient (Wildman–Crippen LogP) is 2.42. The highest BCUT2D eigenvalue weighted by Gasteiger charge is 2.40. The van der Waals surface area contributed by atoms with Crippen LogP contribution in [0.2, 0.25) is 0 Å². The number of halogens is 1. The van der Waals surface area contributed by atoms with Crippen LogP contribution in [-0.4, -0.2) is 18.6 Å². The Morgan fingerprint density at radius 2 is 2.28 bits per heavy atom. The molecule has 0 heterocycles. The minimum Gasteiger partial charge on any atom is -0.380 e. The van der Waals surface area contributed by atoms with E-state index in [0.717, 1.165) is 35.0 Å². The van der Waals surface area contributed by atoms with E-state index in [1.807, 2.05) is 18.2 Å². The molecule has 0 unspecified atom stereocenters. The summed E-state index contributed by atoms with van der Waals surface area (Å²) in [5, 5.41) is 2.90. The number of rotatable bonds is 4. The van der Waals surface area contributed by atoms with Gasteiger partial charge in [-0.05, 0) is 31.4 Å². The Bertz CT molecular complexity index is 458. The van der Waals surface area contributed by atoms with Gasteiger partial charge in [-0.2, -0.15) is 0 Å². The van der Waals surface area contributed by atoms with Crippen LogP contribution in [0.1, 0.15) is 24.8 Å². The van der Waals surface area contributed by atoms with E-state index in [9.17, 15) is 4.79 Å². The van der Waals surface area contributed by atoms with Gasteiger partial charge in [-0.15, -0.1) is 0 Å². The van der Waals surface area contributed by atoms with Crippen molar-refractivity contribution in [2.75, 3.05) is 12.4 Å². The fourth-order valence-electron chi connectivity index (χ4n) is 2.00. The van der Waals surface area contributed by atoms with E-state index in [-0.39, 0.29) is 5.91 Å². The largest absolute Gasteiger partial charge is 0.380 e. The van der Waals surface area contributed by atoms with E-state index in [1.54, 1.807) is 7.11 Å². The van der Waals surface area contributed by atoms with E-state index in [1.165, 1.54) is 0 Å². The Labute approximate surface area is 115 Å². The minimum absolute atomic E-state index is 0.107. The quantitative estimate of drug-likeness (QED) is 0.897. The van der Waals surface area contributed by atoms with Crippen LogP contribution in [0.15, 0.2) is 22.7 Å². The number of amides is 1. The molecular formula is C13H17BrN2O2. The van der Waals surface area contributed by atoms with Crippen LogP contribution in [0.4, 0.5) is 5.69 Å². The van der Waals surface area contributed by atoms with Gasteiger partial charge in [0.2, 0.25) is 5.91 Å². The zero-order valence-corrected chi connectivity index (χ0v) is 11.9. The molecule has 0 radical (unpaired) electrons. The highest BCUT2D eigenvalue weighted by molar-refractivity contribution is 9.10. The number of nitrogens with two attached hydrogens (primary N) is 1. The highest BCUT2D eigenvalue weighted by Crippen LogP contribution is 2.32. The Hall–Kier alpha value is -0.910. The number of anilines is 1. The highest BCUT2D eigenvalue weighted by atomic mass is 79.9. The summed E-state index contributed by atoms with van der Waals surface area (Å²) in [6, 6.07) is 5.66. The Morgan fingerprint density at radius 1 is 1.56 bits per heavy atom. The van der Waals surface area contributed by atoms with Crippen molar-refractivity contribution in [3.63, 3.8) is 0 Å². The molecule has 0 aliphatic heterocycles. The molecule has 3 N–H and O–H groups in total. The molecule has 1 aliphatic rings. The van der Waals surface area contributed by atoms with Gasteiger partial charge in [0.25, 0.3) is 0 Å². The van der Waals surface area contributed by atoms with Crippen LogP contribution in [-0.2, 0) is 16.1 Å². The predicted molar refractivity (Wildman–Crippen MR) is 74.3 cm³/mol. The molecule has 1 fully saturated rings. The first-order chi connectivity index (χ1) is 8.57. The lowest BCUT2D eigenvalue weighted by atomic mass is 9.77. The minimum atomic E-state index is -0.688. The average Bonchev–Trinajstić information content (AvgIpc) is 2.30. The maximum atomic E-state index is 12.1. The molecule has 18 heavy (non-hydrogen) atoms. The van der Waals surface area contributed by atoms with E-state index in [2.05, 4.69) is 21.2 Å². The van der Waals surface area contributed by atoms with Crippen LogP contribution < -0.4 is 11.1 Å². The van der Waals surface area contributed by atoms with Gasteiger partial charge in [-0.3, -0.25) is 4.79 Å². The molecule has 0 spiro atoms. The number of nitrogens with one attached hydrogen (secondary N) is 1. The molecule has 0 saturated heterocycles. The second kappa shape index (κ2) is 5.38. The molecule has 98 valence electrons. The summed E-state index contributed by atoms with van der Waals surface area (Å²) in [5.41, 5.74) is 7.00. The van der Waals surface area contributed by atoms with Gasteiger partial charge in [-0.1, -0.05) is 22.0 Å². The van der Waals surface area contributed by atoms with Gasteiger partial charge in [-0.25, -0.2) is 0 Å². The zero-order valence-electron chi connectivity index (χ0n) is 10.3. The number of carbonyl (C=O) groups excluding carboxylic acids is 1. The molecule has 1 aliphatic carbocycles. The number of benzene rings is 1. The molecule has 1 amide bonds. The fourth-order valence-corrected chi connectivity index (χ4v) is 2.48. The van der Waals surface area contributed by atoms with Crippen LogP contribution >= 0.6 is 15.9 Å². The summed E-state index contributed by atoms with van der Waals surface area (Å²) in [6.45, 7) is 0.439. The van der Waals surface area contributed by atoms with E-state index >= 15 is 0 Å². The summed E-state index contributed by atoms with van der Waals surface area (Å²) < 4.78 is 6.06. The fraction of sp³-hybridized carbons (Fsp3) is 0.462. The second-order valence-electron chi connectivity index (χ2n) is 4.66. The molecule has 1 aromatic rings. The third-order valence-electron chi connectivity index (χ3n) is 3.35. The lowest BCUT2D eigenvalue weighted by Crippen LogP contribution is -2.56. The lowest BCUT2D eigenvalue weighted by molar-refractivity contribution is -0.123. The number of hydrogen-bond acceptors (Lipinski definition) is 3. The van der Waals surface area contributed by atoms with Gasteiger partial charge in [0.05, 0.1) is 12.1 Å². The maximum absolute atomic E-state index is 12.1. The lowest BCUT2D eigenvalue weighted by Gasteiger charge is -2.36. The molecular weight excluding hydrogens is 296 g/mol. The molecule has 5 heteroatoms. The summed E-state index contributed by atoms with van der Waals surface area (Å²) in [6.07, 6.45) is 2.53. The number of ether oxygens (including phenoxy) is 1. The smallest absolute Gasteiger partial charge is 0.244 e. The Kier molecular flexibility index (Phi) is 4.04. The monoisotopic (exact) mass is 312 g/mol. The molecule has 0 aromatic heterocycles. The molecule has 1 saturated carbocycles. The van der Waals surface area contributed by atoms with Gasteiger partial charge >= 0.3 is 0 Å². The normalized spacial score (nSPS) is 17.1. The van der Waals surface area contributed by atoms with Crippen LogP contribution in [0.3, 0.4) is 0 Å². The zero-order chi connectivity index (χ0) is 13.2. The number of methoxy groups -OCH3 is 1. The van der Waals surface area contributed by atoms with Crippen molar-refractivity contribution in [2.45, 2.75) is 31.4 Å². The van der Waals surface area contributed by atoms with Crippen LogP contribution in [0, 0.1) is 0 Å². The first-order valence-electron chi connectivity index (χ1n) is 5.93. The second-order valence-corrected chi connectivity index (χ2v) is 5.52. The van der Waals surface area contributed by atoms with E-state index < -0.39 is 5.54 Å². The van der Waals surface area contributed by atoms with Crippen molar-refractivity contribution in [2.24, 2.45) is 5.73 Å². The average molecular weight is 313 g/mol. The summed E-state index contributed by atoms with van der Waals surface area (Å²) in [5.74, 6) is -0.107. The van der Waals surface area contributed by atoms with Gasteiger partial charge in [0.15, 0.2) is 0 Å². The summed E-state index contributed by atoms with van der Waals surface area (Å²) >= 11 is 3.46. The van der Waals surface area contributed by atoms with E-state index in [0.29, 0.717) is 6.61 Å². The molecule has 1 aromatic carbocycles. The summed E-state index contributed by atoms with van der Waals surface area (Å²) in [4.78, 5) is 12.1. The van der Waals surface area contributed by atoms with Gasteiger partial charge in [0.1, 0.15) is 0 Å². The van der Waals surface area contributed by atoms with Crippen molar-refractivity contribution >= 4 is 27.5 Å². The molecule has 0 atom stereocenters. The number of hydrogen-bond donors (Lipinski definition) is 2. The summed E-state index contributed by atoms with van der Waals surface area (Å²) in [7, 11) is 1.63. The molecule has 2 rings (SSSR count). The SMILES string of the molecule is COCc1c(Br)cccc1NC(=O)C1(N)CCC1. The van der Waals surface area contributed by atoms with Crippen molar-refractivity contribution in [1.29, 1.82) is 0 Å². The Morgan fingerprint density at radius 3 is 2.83 bits per heavy atom. The van der Waals surface area contributed by atoms with E-state index in [4.69, 9.17) is 10.5 Å². The van der Waals surface area contributed by atoms with Crippen molar-refractivity contribution in [3.8, 4) is 0 Å². The first-order valence-corrected chi connectivity index (χ1v) is 6.73. The van der Waals surface area contributed by atoms with Crippen molar-refractivity contribution in [3.05, 3.63) is 28.2 Å². The van der Waals surface area contributed by atoms with Crippen molar-refractivity contribution in [1.82, 2.24) is 0 Å². The third kappa shape index (κ3) is 2.58. The molecule has 0 bridgehead atoms. The Balaban J connectivity index is 2.18. The maximum Gasteiger partial charge on any atom is 0.244 e. The third-order valence-corrected chi connectivity index (χ3v) is 4.10. The van der Waals surface area contributed by atoms with Gasteiger partial charge in [0, 0.05) is 22.8 Å². The first kappa shape index (κ1) is 13.5. The van der Waals surface area contributed by atoms with Crippen LogP contribution in [0.25, 0.3) is 0 Å². The standard InChI is InChI=1S/C13H17BrN2O2/c1-18-8-9-10(14)4-2-5-11(9)16-12(17)13(15)6-3-7-13/h2,4-5H,3,6-8,15H2,1H3,(H,16,17). The topological polar surface area (TPSA) is 64.3 Å². The van der Waals surface area contributed by atoms with Crippen molar-refractivity contribution < 1.29 is 9.53 Å². The van der Waals surface area contributed by atoms with Gasteiger partial charge < -0.3 is 15.8 Å². The van der Waals surface area contributed by atoms with Crippen LogP contribution in [0.5, 0.6) is 0 Å². The number of carbonyl (C=O) groups is 1. The molecule has 4 nitrogen and oxygen atoms in total.